The number of halogens is 1. The van der Waals surface area contributed by atoms with Crippen molar-refractivity contribution in [3.63, 3.8) is 0 Å². The Bertz CT molecular complexity index is 740. The average molecular weight is 305 g/mol. The number of rotatable bonds is 3. The monoisotopic (exact) mass is 305 g/mol. The number of aromatic nitrogens is 2. The fourth-order valence-corrected chi connectivity index (χ4v) is 3.02. The number of benzene rings is 1. The molecular formula is C13H8FN3OS2. The van der Waals surface area contributed by atoms with Gasteiger partial charge in [-0.3, -0.25) is 4.79 Å². The Morgan fingerprint density at radius 2 is 2.15 bits per heavy atom. The van der Waals surface area contributed by atoms with Crippen LogP contribution in [-0.2, 0) is 0 Å². The van der Waals surface area contributed by atoms with E-state index in [2.05, 4.69) is 14.9 Å². The van der Waals surface area contributed by atoms with Gasteiger partial charge in [0.05, 0.1) is 4.88 Å². The summed E-state index contributed by atoms with van der Waals surface area (Å²) in [6, 6.07) is 9.50. The third-order valence-electron chi connectivity index (χ3n) is 2.53. The van der Waals surface area contributed by atoms with Crippen molar-refractivity contribution in [2.75, 3.05) is 5.32 Å². The lowest BCUT2D eigenvalue weighted by Crippen LogP contribution is -2.11. The Morgan fingerprint density at radius 1 is 1.25 bits per heavy atom. The molecule has 1 N–H and O–H groups in total. The highest BCUT2D eigenvalue weighted by Gasteiger charge is 2.18. The summed E-state index contributed by atoms with van der Waals surface area (Å²) >= 11 is 2.50. The van der Waals surface area contributed by atoms with E-state index in [4.69, 9.17) is 0 Å². The van der Waals surface area contributed by atoms with Crippen LogP contribution in [0.5, 0.6) is 0 Å². The second-order valence-electron chi connectivity index (χ2n) is 3.89. The number of thiophene rings is 1. The van der Waals surface area contributed by atoms with Gasteiger partial charge >= 0.3 is 0 Å². The molecule has 2 heterocycles. The minimum absolute atomic E-state index is 0.339. The van der Waals surface area contributed by atoms with Gasteiger partial charge < -0.3 is 5.32 Å². The van der Waals surface area contributed by atoms with E-state index in [1.807, 2.05) is 17.5 Å². The van der Waals surface area contributed by atoms with Gasteiger partial charge in [0.15, 0.2) is 0 Å². The Kier molecular flexibility index (Phi) is 3.53. The van der Waals surface area contributed by atoms with Crippen LogP contribution in [-0.4, -0.2) is 15.5 Å². The van der Waals surface area contributed by atoms with Crippen molar-refractivity contribution in [2.45, 2.75) is 0 Å². The third-order valence-corrected chi connectivity index (χ3v) is 4.13. The molecule has 1 amide bonds. The molecule has 2 aromatic heterocycles. The Balaban J connectivity index is 1.87. The molecule has 20 heavy (non-hydrogen) atoms. The molecule has 0 radical (unpaired) electrons. The van der Waals surface area contributed by atoms with Gasteiger partial charge in [0, 0.05) is 5.69 Å². The molecule has 0 unspecified atom stereocenters. The molecular weight excluding hydrogens is 297 g/mol. The predicted molar refractivity (Wildman–Crippen MR) is 77.6 cm³/mol. The van der Waals surface area contributed by atoms with E-state index >= 15 is 0 Å². The minimum Gasteiger partial charge on any atom is -0.321 e. The normalized spacial score (nSPS) is 10.4. The summed E-state index contributed by atoms with van der Waals surface area (Å²) in [7, 11) is 0. The second-order valence-corrected chi connectivity index (χ2v) is 5.59. The van der Waals surface area contributed by atoms with E-state index in [0.717, 1.165) is 16.4 Å². The lowest BCUT2D eigenvalue weighted by molar-refractivity contribution is 0.103. The topological polar surface area (TPSA) is 54.9 Å². The first-order valence-electron chi connectivity index (χ1n) is 5.67. The lowest BCUT2D eigenvalue weighted by Gasteiger charge is -2.03. The van der Waals surface area contributed by atoms with Crippen LogP contribution in [0.1, 0.15) is 9.67 Å². The molecule has 0 bridgehead atoms. The molecule has 4 nitrogen and oxygen atoms in total. The maximum Gasteiger partial charge on any atom is 0.269 e. The van der Waals surface area contributed by atoms with Crippen molar-refractivity contribution in [3.8, 4) is 10.6 Å². The fraction of sp³-hybridized carbons (Fsp3) is 0. The van der Waals surface area contributed by atoms with Gasteiger partial charge in [0.1, 0.15) is 16.4 Å². The van der Waals surface area contributed by atoms with Crippen LogP contribution in [0.4, 0.5) is 10.1 Å². The van der Waals surface area contributed by atoms with E-state index in [9.17, 15) is 9.18 Å². The number of nitrogens with one attached hydrogen (secondary N) is 1. The van der Waals surface area contributed by atoms with Gasteiger partial charge in [-0.05, 0) is 41.2 Å². The summed E-state index contributed by atoms with van der Waals surface area (Å²) in [6.07, 6.45) is 0. The van der Waals surface area contributed by atoms with Gasteiger partial charge in [-0.15, -0.1) is 16.4 Å². The number of anilines is 1. The Hall–Kier alpha value is -2.12. The van der Waals surface area contributed by atoms with Crippen LogP contribution in [0.25, 0.3) is 10.6 Å². The van der Waals surface area contributed by atoms with Crippen molar-refractivity contribution in [1.82, 2.24) is 9.59 Å². The summed E-state index contributed by atoms with van der Waals surface area (Å²) in [6.45, 7) is 0. The van der Waals surface area contributed by atoms with E-state index in [-0.39, 0.29) is 5.91 Å². The highest BCUT2D eigenvalue weighted by atomic mass is 32.1. The number of carbonyl (C=O) groups excluding carboxylic acids is 1. The first-order valence-corrected chi connectivity index (χ1v) is 7.32. The molecule has 100 valence electrons. The number of carbonyl (C=O) groups is 1. The van der Waals surface area contributed by atoms with E-state index < -0.39 is 5.82 Å². The van der Waals surface area contributed by atoms with Crippen LogP contribution >= 0.6 is 22.9 Å². The highest BCUT2D eigenvalue weighted by Crippen LogP contribution is 2.28. The Labute approximate surface area is 122 Å². The standard InChI is InChI=1S/C13H8FN3OS2/c14-8-3-1-4-9(7-8)15-13(18)12-11(16-17-20-12)10-5-2-6-19-10/h1-7H,(H,15,18). The van der Waals surface area contributed by atoms with E-state index in [1.165, 1.54) is 29.5 Å². The number of amides is 1. The zero-order chi connectivity index (χ0) is 13.9. The van der Waals surface area contributed by atoms with Crippen LogP contribution in [0.15, 0.2) is 41.8 Å². The van der Waals surface area contributed by atoms with Gasteiger partial charge in [-0.25, -0.2) is 4.39 Å². The van der Waals surface area contributed by atoms with Crippen LogP contribution in [0, 0.1) is 5.82 Å². The van der Waals surface area contributed by atoms with Crippen LogP contribution < -0.4 is 5.32 Å². The van der Waals surface area contributed by atoms with Crippen LogP contribution in [0.3, 0.4) is 0 Å². The molecule has 3 aromatic rings. The van der Waals surface area contributed by atoms with Gasteiger partial charge in [0.25, 0.3) is 5.91 Å². The first-order chi connectivity index (χ1) is 9.74. The SMILES string of the molecule is O=C(Nc1cccc(F)c1)c1snnc1-c1cccs1. The third kappa shape index (κ3) is 2.59. The molecule has 0 aliphatic rings. The molecule has 0 fully saturated rings. The smallest absolute Gasteiger partial charge is 0.269 e. The quantitative estimate of drug-likeness (QED) is 0.803. The zero-order valence-corrected chi connectivity index (χ0v) is 11.7. The molecule has 0 aliphatic carbocycles. The van der Waals surface area contributed by atoms with Crippen molar-refractivity contribution < 1.29 is 9.18 Å². The van der Waals surface area contributed by atoms with Crippen molar-refractivity contribution >= 4 is 34.5 Å². The van der Waals surface area contributed by atoms with E-state index in [0.29, 0.717) is 16.3 Å². The molecule has 7 heteroatoms. The molecule has 3 rings (SSSR count). The Morgan fingerprint density at radius 3 is 2.90 bits per heavy atom. The highest BCUT2D eigenvalue weighted by molar-refractivity contribution is 7.14. The maximum atomic E-state index is 13.1. The minimum atomic E-state index is -0.399. The molecule has 0 saturated heterocycles. The molecule has 0 saturated carbocycles. The summed E-state index contributed by atoms with van der Waals surface area (Å²) in [5, 5.41) is 8.53. The number of hydrogen-bond donors (Lipinski definition) is 1. The fourth-order valence-electron chi connectivity index (χ4n) is 1.67. The summed E-state index contributed by atoms with van der Waals surface area (Å²) < 4.78 is 16.9. The van der Waals surface area contributed by atoms with Crippen LogP contribution in [0.2, 0.25) is 0 Å². The largest absolute Gasteiger partial charge is 0.321 e. The van der Waals surface area contributed by atoms with Crippen molar-refractivity contribution in [2.24, 2.45) is 0 Å². The predicted octanol–water partition coefficient (Wildman–Crippen LogP) is 3.66. The summed E-state index contributed by atoms with van der Waals surface area (Å²) in [4.78, 5) is 13.5. The van der Waals surface area contributed by atoms with Gasteiger partial charge in [-0.2, -0.15) is 0 Å². The summed E-state index contributed by atoms with van der Waals surface area (Å²) in [5.41, 5.74) is 0.958. The number of nitrogens with zero attached hydrogens (tertiary/aromatic N) is 2. The average Bonchev–Trinajstić information content (AvgIpc) is 3.09. The van der Waals surface area contributed by atoms with E-state index in [1.54, 1.807) is 6.07 Å². The molecule has 0 aliphatic heterocycles. The number of hydrogen-bond acceptors (Lipinski definition) is 5. The second kappa shape index (κ2) is 5.48. The lowest BCUT2D eigenvalue weighted by atomic mass is 10.2. The molecule has 1 aromatic carbocycles. The van der Waals surface area contributed by atoms with Gasteiger partial charge in [-0.1, -0.05) is 16.6 Å². The summed E-state index contributed by atoms with van der Waals surface area (Å²) in [5.74, 6) is -0.738. The maximum absolute atomic E-state index is 13.1. The van der Waals surface area contributed by atoms with Crippen molar-refractivity contribution in [1.29, 1.82) is 0 Å². The molecule has 0 atom stereocenters. The zero-order valence-electron chi connectivity index (χ0n) is 10.0. The van der Waals surface area contributed by atoms with Crippen molar-refractivity contribution in [3.05, 3.63) is 52.5 Å². The first kappa shape index (κ1) is 12.9. The molecule has 0 spiro atoms. The van der Waals surface area contributed by atoms with Gasteiger partial charge in [0.2, 0.25) is 0 Å².